The third-order valence-electron chi connectivity index (χ3n) is 5.36. The summed E-state index contributed by atoms with van der Waals surface area (Å²) in [5, 5.41) is 11.2. The number of para-hydroxylation sites is 1. The lowest BCUT2D eigenvalue weighted by Gasteiger charge is -2.31. The van der Waals surface area contributed by atoms with Crippen LogP contribution in [-0.4, -0.2) is 21.6 Å². The van der Waals surface area contributed by atoms with Crippen LogP contribution in [0.1, 0.15) is 23.1 Å². The summed E-state index contributed by atoms with van der Waals surface area (Å²) in [6, 6.07) is 12.8. The Morgan fingerprint density at radius 1 is 1.00 bits per heavy atom. The zero-order chi connectivity index (χ0) is 19.5. The molecule has 0 bridgehead atoms. The van der Waals surface area contributed by atoms with E-state index in [-0.39, 0.29) is 18.2 Å². The van der Waals surface area contributed by atoms with Gasteiger partial charge in [-0.15, -0.1) is 0 Å². The molecule has 3 aromatic rings. The van der Waals surface area contributed by atoms with Gasteiger partial charge in [-0.1, -0.05) is 53.5 Å². The van der Waals surface area contributed by atoms with Crippen LogP contribution >= 0.6 is 23.2 Å². The Morgan fingerprint density at radius 2 is 1.79 bits per heavy atom. The van der Waals surface area contributed by atoms with E-state index in [9.17, 15) is 9.59 Å². The van der Waals surface area contributed by atoms with E-state index < -0.39 is 5.41 Å². The third-order valence-corrected chi connectivity index (χ3v) is 6.04. The first-order chi connectivity index (χ1) is 13.5. The topological polar surface area (TPSA) is 76.0 Å². The fourth-order valence-electron chi connectivity index (χ4n) is 4.04. The highest BCUT2D eigenvalue weighted by atomic mass is 35.5. The van der Waals surface area contributed by atoms with E-state index in [4.69, 9.17) is 23.2 Å². The van der Waals surface area contributed by atoms with Gasteiger partial charge in [0.15, 0.2) is 0 Å². The quantitative estimate of drug-likeness (QED) is 0.671. The van der Waals surface area contributed by atoms with Crippen molar-refractivity contribution in [1.82, 2.24) is 9.78 Å². The number of hydrogen-bond acceptors (Lipinski definition) is 3. The average Bonchev–Trinajstić information content (AvgIpc) is 3.19. The summed E-state index contributed by atoms with van der Waals surface area (Å²) in [7, 11) is 0. The molecule has 5 rings (SSSR count). The van der Waals surface area contributed by atoms with Crippen molar-refractivity contribution in [2.24, 2.45) is 0 Å². The molecule has 2 aliphatic rings. The van der Waals surface area contributed by atoms with E-state index in [1.54, 1.807) is 29.1 Å². The molecule has 6 nitrogen and oxygen atoms in total. The number of anilines is 2. The van der Waals surface area contributed by atoms with Crippen molar-refractivity contribution in [1.29, 1.82) is 0 Å². The number of hydrogen-bond donors (Lipinski definition) is 2. The minimum atomic E-state index is -1.14. The van der Waals surface area contributed by atoms with E-state index >= 15 is 0 Å². The normalized spacial score (nSPS) is 19.9. The Hall–Kier alpha value is -2.83. The Morgan fingerprint density at radius 3 is 2.61 bits per heavy atom. The monoisotopic (exact) mass is 412 g/mol. The van der Waals surface area contributed by atoms with Gasteiger partial charge in [0.2, 0.25) is 11.8 Å². The molecule has 0 saturated carbocycles. The van der Waals surface area contributed by atoms with Crippen LogP contribution < -0.4 is 10.6 Å². The van der Waals surface area contributed by atoms with Crippen LogP contribution in [0.5, 0.6) is 0 Å². The van der Waals surface area contributed by atoms with Crippen LogP contribution in [0.4, 0.5) is 11.5 Å². The maximum atomic E-state index is 13.1. The minimum Gasteiger partial charge on any atom is -0.323 e. The van der Waals surface area contributed by atoms with E-state index in [0.29, 0.717) is 39.2 Å². The van der Waals surface area contributed by atoms with Gasteiger partial charge in [0, 0.05) is 17.0 Å². The van der Waals surface area contributed by atoms with Gasteiger partial charge in [0.25, 0.3) is 0 Å². The zero-order valence-electron chi connectivity index (χ0n) is 14.5. The Bertz CT molecular complexity index is 1160. The van der Waals surface area contributed by atoms with Crippen molar-refractivity contribution in [3.05, 3.63) is 75.4 Å². The van der Waals surface area contributed by atoms with Crippen LogP contribution in [0.2, 0.25) is 10.0 Å². The minimum absolute atomic E-state index is 0.00301. The number of rotatable bonds is 2. The summed E-state index contributed by atoms with van der Waals surface area (Å²) in [5.41, 5.74) is 1.62. The molecule has 1 atom stereocenters. The molecule has 8 heteroatoms. The number of aromatic nitrogens is 2. The van der Waals surface area contributed by atoms with Crippen molar-refractivity contribution in [2.45, 2.75) is 18.4 Å². The summed E-state index contributed by atoms with van der Waals surface area (Å²) in [6.07, 6.45) is 1.64. The molecule has 2 aromatic carbocycles. The predicted molar refractivity (Wildman–Crippen MR) is 107 cm³/mol. The lowest BCUT2D eigenvalue weighted by Crippen LogP contribution is -2.43. The summed E-state index contributed by atoms with van der Waals surface area (Å²) in [4.78, 5) is 25.7. The number of carbonyl (C=O) groups excluding carboxylic acids is 2. The van der Waals surface area contributed by atoms with Crippen LogP contribution in [0.15, 0.2) is 48.7 Å². The first-order valence-electron chi connectivity index (χ1n) is 8.70. The summed E-state index contributed by atoms with van der Waals surface area (Å²) >= 11 is 12.6. The maximum Gasteiger partial charge on any atom is 0.240 e. The highest BCUT2D eigenvalue weighted by molar-refractivity contribution is 6.35. The first-order valence-corrected chi connectivity index (χ1v) is 9.46. The molecule has 2 aliphatic heterocycles. The number of amides is 2. The molecule has 0 aliphatic carbocycles. The first kappa shape index (κ1) is 17.3. The molecule has 1 unspecified atom stereocenters. The van der Waals surface area contributed by atoms with E-state index in [0.717, 1.165) is 5.56 Å². The predicted octanol–water partition coefficient (Wildman–Crippen LogP) is 3.82. The fraction of sp³-hybridized carbons (Fsp3) is 0.150. The molecule has 3 heterocycles. The molecule has 2 N–H and O–H groups in total. The highest BCUT2D eigenvalue weighted by Crippen LogP contribution is 2.51. The lowest BCUT2D eigenvalue weighted by atomic mass is 9.72. The average molecular weight is 413 g/mol. The second kappa shape index (κ2) is 6.09. The molecule has 28 heavy (non-hydrogen) atoms. The van der Waals surface area contributed by atoms with Gasteiger partial charge in [-0.2, -0.15) is 5.10 Å². The second-order valence-corrected chi connectivity index (χ2v) is 7.72. The molecule has 0 radical (unpaired) electrons. The maximum absolute atomic E-state index is 13.1. The smallest absolute Gasteiger partial charge is 0.240 e. The van der Waals surface area contributed by atoms with Crippen LogP contribution in [0.25, 0.3) is 0 Å². The van der Waals surface area contributed by atoms with Gasteiger partial charge in [0.1, 0.15) is 11.2 Å². The van der Waals surface area contributed by atoms with E-state index in [2.05, 4.69) is 15.7 Å². The number of nitrogens with one attached hydrogen (secondary N) is 2. The molecule has 0 fully saturated rings. The fourth-order valence-corrected chi connectivity index (χ4v) is 4.46. The van der Waals surface area contributed by atoms with E-state index in [1.165, 1.54) is 0 Å². The van der Waals surface area contributed by atoms with Gasteiger partial charge in [-0.3, -0.25) is 9.59 Å². The van der Waals surface area contributed by atoms with Crippen LogP contribution in [0, 0.1) is 0 Å². The van der Waals surface area contributed by atoms with Crippen molar-refractivity contribution >= 4 is 46.5 Å². The summed E-state index contributed by atoms with van der Waals surface area (Å²) < 4.78 is 1.66. The van der Waals surface area contributed by atoms with Crippen molar-refractivity contribution in [3.63, 3.8) is 0 Å². The number of halogens is 2. The molecule has 1 spiro atoms. The highest BCUT2D eigenvalue weighted by Gasteiger charge is 2.54. The molecule has 2 amide bonds. The summed E-state index contributed by atoms with van der Waals surface area (Å²) in [6.45, 7) is 0.370. The largest absolute Gasteiger partial charge is 0.323 e. The van der Waals surface area contributed by atoms with Crippen molar-refractivity contribution in [3.8, 4) is 0 Å². The Labute approximate surface area is 170 Å². The van der Waals surface area contributed by atoms with Crippen molar-refractivity contribution < 1.29 is 9.59 Å². The zero-order valence-corrected chi connectivity index (χ0v) is 16.0. The number of fused-ring (bicyclic) bond motifs is 4. The number of benzene rings is 2. The Kier molecular flexibility index (Phi) is 3.76. The van der Waals surface area contributed by atoms with Gasteiger partial charge < -0.3 is 10.6 Å². The van der Waals surface area contributed by atoms with Crippen LogP contribution in [-0.2, 0) is 21.5 Å². The lowest BCUT2D eigenvalue weighted by molar-refractivity contribution is -0.125. The van der Waals surface area contributed by atoms with E-state index in [1.807, 2.05) is 24.3 Å². The molecule has 140 valence electrons. The number of nitrogens with zero attached hydrogens (tertiary/aromatic N) is 2. The van der Waals surface area contributed by atoms with Crippen LogP contribution in [0.3, 0.4) is 0 Å². The SMILES string of the molecule is O=C1CC2(C(=O)Nc3c(Cl)cccc32)c2cnn(Cc3ccccc3Cl)c2N1. The van der Waals surface area contributed by atoms with Gasteiger partial charge >= 0.3 is 0 Å². The number of carbonyl (C=O) groups is 2. The molecular weight excluding hydrogens is 399 g/mol. The van der Waals surface area contributed by atoms with Gasteiger partial charge in [-0.25, -0.2) is 4.68 Å². The van der Waals surface area contributed by atoms with Gasteiger partial charge in [-0.05, 0) is 23.3 Å². The molecule has 1 aromatic heterocycles. The summed E-state index contributed by atoms with van der Waals surface area (Å²) in [5.74, 6) is -0.0282. The van der Waals surface area contributed by atoms with Gasteiger partial charge in [0.05, 0.1) is 23.5 Å². The van der Waals surface area contributed by atoms with Crippen molar-refractivity contribution in [2.75, 3.05) is 10.6 Å². The standard InChI is InChI=1S/C20H14Cl2N4O2/c21-14-6-2-1-4-11(14)10-26-18-13(9-23-26)20(8-16(27)24-18)12-5-3-7-15(22)17(12)25-19(20)28/h1-7,9H,8,10H2,(H,24,27)(H,25,28). The molecular formula is C20H14Cl2N4O2. The second-order valence-electron chi connectivity index (χ2n) is 6.90. The Balaban J connectivity index is 1.68. The third kappa shape index (κ3) is 2.31. The molecule has 0 saturated heterocycles.